The maximum absolute atomic E-state index is 14.0. The number of carbonyl (C=O) groups excluding carboxylic acids is 2. The van der Waals surface area contributed by atoms with Gasteiger partial charge >= 0.3 is 0 Å². The van der Waals surface area contributed by atoms with E-state index in [1.165, 1.54) is 0 Å². The Morgan fingerprint density at radius 1 is 0.921 bits per heavy atom. The Kier molecular flexibility index (Phi) is 6.46. The van der Waals surface area contributed by atoms with Crippen molar-refractivity contribution in [3.05, 3.63) is 83.9 Å². The van der Waals surface area contributed by atoms with Crippen molar-refractivity contribution in [2.75, 3.05) is 0 Å². The van der Waals surface area contributed by atoms with Crippen LogP contribution in [0, 0.1) is 34.5 Å². The predicted octanol–water partition coefficient (Wildman–Crippen LogP) is 5.49. The first-order valence-electron chi connectivity index (χ1n) is 14.4. The molecule has 0 spiro atoms. The van der Waals surface area contributed by atoms with E-state index in [4.69, 9.17) is 0 Å². The van der Waals surface area contributed by atoms with Gasteiger partial charge in [-0.1, -0.05) is 80.6 Å². The lowest BCUT2D eigenvalue weighted by atomic mass is 9.48. The molecule has 5 heteroatoms. The van der Waals surface area contributed by atoms with E-state index in [2.05, 4.69) is 30.6 Å². The van der Waals surface area contributed by atoms with Crippen molar-refractivity contribution in [3.8, 4) is 0 Å². The van der Waals surface area contributed by atoms with E-state index in [1.807, 2.05) is 60.7 Å². The molecule has 0 bridgehead atoms. The highest BCUT2D eigenvalue weighted by Gasteiger charge is 2.61. The molecule has 3 aliphatic carbocycles. The number of fused-ring (bicyclic) bond motifs is 5. The Balaban J connectivity index is 1.24. The Labute approximate surface area is 226 Å². The first-order chi connectivity index (χ1) is 18.3. The van der Waals surface area contributed by atoms with Gasteiger partial charge in [-0.2, -0.15) is 0 Å². The minimum absolute atomic E-state index is 0.00327. The lowest BCUT2D eigenvalue weighted by Gasteiger charge is -2.58. The molecule has 3 saturated carbocycles. The van der Waals surface area contributed by atoms with E-state index in [0.717, 1.165) is 49.7 Å². The van der Waals surface area contributed by atoms with Crippen LogP contribution >= 0.6 is 0 Å². The minimum atomic E-state index is -0.827. The third-order valence-corrected chi connectivity index (χ3v) is 10.9. The molecule has 3 fully saturated rings. The number of carbonyl (C=O) groups is 2. The first-order valence-corrected chi connectivity index (χ1v) is 14.4. The van der Waals surface area contributed by atoms with Gasteiger partial charge in [0.05, 0.1) is 6.04 Å². The van der Waals surface area contributed by atoms with Gasteiger partial charge in [-0.05, 0) is 78.9 Å². The summed E-state index contributed by atoms with van der Waals surface area (Å²) in [5.74, 6) is 1.67. The summed E-state index contributed by atoms with van der Waals surface area (Å²) in [7, 11) is 0. The normalized spacial score (nSPS) is 37.2. The predicted molar refractivity (Wildman–Crippen MR) is 148 cm³/mol. The first kappa shape index (κ1) is 25.4. The van der Waals surface area contributed by atoms with E-state index < -0.39 is 12.1 Å². The molecule has 0 radical (unpaired) electrons. The van der Waals surface area contributed by atoms with Gasteiger partial charge in [0, 0.05) is 17.4 Å². The van der Waals surface area contributed by atoms with Crippen molar-refractivity contribution in [3.63, 3.8) is 0 Å². The van der Waals surface area contributed by atoms with E-state index in [9.17, 15) is 14.7 Å². The summed E-state index contributed by atoms with van der Waals surface area (Å²) in [6.45, 7) is 4.69. The van der Waals surface area contributed by atoms with Gasteiger partial charge in [-0.25, -0.2) is 0 Å². The summed E-state index contributed by atoms with van der Waals surface area (Å²) in [5, 5.41) is 17.9. The fourth-order valence-corrected chi connectivity index (χ4v) is 8.87. The zero-order valence-electron chi connectivity index (χ0n) is 22.5. The molecule has 0 unspecified atom stereocenters. The average Bonchev–Trinajstić information content (AvgIpc) is 3.30. The Bertz CT molecular complexity index is 1210. The van der Waals surface area contributed by atoms with Crippen molar-refractivity contribution in [1.29, 1.82) is 0 Å². The highest BCUT2D eigenvalue weighted by atomic mass is 16.3. The topological polar surface area (TPSA) is 78.4 Å². The summed E-state index contributed by atoms with van der Waals surface area (Å²) in [5.41, 5.74) is 1.67. The van der Waals surface area contributed by atoms with Gasteiger partial charge in [0.2, 0.25) is 11.8 Å². The molecule has 38 heavy (non-hydrogen) atoms. The van der Waals surface area contributed by atoms with Crippen LogP contribution < -0.4 is 10.6 Å². The number of aliphatic hydroxyl groups excluding tert-OH is 1. The van der Waals surface area contributed by atoms with Crippen LogP contribution in [0.5, 0.6) is 0 Å². The van der Waals surface area contributed by atoms with Gasteiger partial charge < -0.3 is 15.7 Å². The van der Waals surface area contributed by atoms with Crippen LogP contribution in [0.4, 0.5) is 0 Å². The number of amides is 2. The van der Waals surface area contributed by atoms with E-state index in [-0.39, 0.29) is 34.6 Å². The second kappa shape index (κ2) is 9.68. The Hall–Kier alpha value is -2.92. The Morgan fingerprint density at radius 3 is 2.32 bits per heavy atom. The van der Waals surface area contributed by atoms with Gasteiger partial charge in [0.25, 0.3) is 0 Å². The molecule has 1 aliphatic heterocycles. The van der Waals surface area contributed by atoms with Crippen LogP contribution in [0.25, 0.3) is 0 Å². The van der Waals surface area contributed by atoms with E-state index in [0.29, 0.717) is 17.8 Å². The number of aliphatic hydroxyl groups is 1. The number of hydrogen-bond donors (Lipinski definition) is 3. The maximum atomic E-state index is 14.0. The molecular weight excluding hydrogens is 472 g/mol. The zero-order chi connectivity index (χ0) is 26.5. The number of rotatable bonds is 5. The monoisotopic (exact) mass is 512 g/mol. The highest BCUT2D eigenvalue weighted by molar-refractivity contribution is 5.89. The quantitative estimate of drug-likeness (QED) is 0.496. The molecule has 4 aliphatic rings. The lowest BCUT2D eigenvalue weighted by Crippen LogP contribution is -2.59. The molecule has 1 heterocycles. The number of hydrogen-bond acceptors (Lipinski definition) is 3. The summed E-state index contributed by atoms with van der Waals surface area (Å²) >= 11 is 0. The largest absolute Gasteiger partial charge is 0.386 e. The van der Waals surface area contributed by atoms with Crippen LogP contribution in [0.2, 0.25) is 0 Å². The van der Waals surface area contributed by atoms with E-state index in [1.54, 1.807) is 6.08 Å². The lowest BCUT2D eigenvalue weighted by molar-refractivity contribution is -0.135. The van der Waals surface area contributed by atoms with Gasteiger partial charge in [-0.3, -0.25) is 9.59 Å². The molecule has 2 amide bonds. The molecule has 6 rings (SSSR count). The Morgan fingerprint density at radius 2 is 1.61 bits per heavy atom. The summed E-state index contributed by atoms with van der Waals surface area (Å²) in [4.78, 5) is 26.1. The standard InChI is InChI=1S/C33H40N2O3/c1-32-19-17-25-23(13-16-27-33(25,2)20-18-28(36)34-27)24(32)14-15-26(32)31(38)35-29(21-9-5-3-6-10-21)30(37)22-11-7-4-8-12-22/h3-12,18,20,23-27,29-30,37H,13-17,19H2,1-2H3,(H,34,36)(H,35,38)/t23-,24-,25-,26+,27+,29+,30-,32-,33+/m0/s1. The van der Waals surface area contributed by atoms with Crippen molar-refractivity contribution in [1.82, 2.24) is 10.6 Å². The summed E-state index contributed by atoms with van der Waals surface area (Å²) in [6, 6.07) is 19.2. The summed E-state index contributed by atoms with van der Waals surface area (Å²) in [6.07, 6.45) is 9.30. The highest BCUT2D eigenvalue weighted by Crippen LogP contribution is 2.65. The van der Waals surface area contributed by atoms with Gasteiger partial charge in [0.1, 0.15) is 6.10 Å². The molecule has 2 aromatic carbocycles. The molecule has 200 valence electrons. The van der Waals surface area contributed by atoms with Crippen molar-refractivity contribution in [2.24, 2.45) is 34.5 Å². The van der Waals surface area contributed by atoms with Crippen LogP contribution in [-0.4, -0.2) is 23.0 Å². The van der Waals surface area contributed by atoms with E-state index >= 15 is 0 Å². The molecule has 0 saturated heterocycles. The second-order valence-corrected chi connectivity index (χ2v) is 12.6. The fraction of sp³-hybridized carbons (Fsp3) is 0.515. The number of benzene rings is 2. The number of nitrogens with one attached hydrogen (secondary N) is 2. The third kappa shape index (κ3) is 4.10. The molecule has 2 aromatic rings. The molecule has 9 atom stereocenters. The smallest absolute Gasteiger partial charge is 0.243 e. The van der Waals surface area contributed by atoms with Crippen molar-refractivity contribution in [2.45, 2.75) is 70.6 Å². The van der Waals surface area contributed by atoms with Crippen LogP contribution in [0.1, 0.15) is 75.6 Å². The van der Waals surface area contributed by atoms with Crippen molar-refractivity contribution < 1.29 is 14.7 Å². The van der Waals surface area contributed by atoms with Crippen molar-refractivity contribution >= 4 is 11.8 Å². The van der Waals surface area contributed by atoms with Gasteiger partial charge in [-0.15, -0.1) is 0 Å². The second-order valence-electron chi connectivity index (χ2n) is 12.6. The third-order valence-electron chi connectivity index (χ3n) is 10.9. The van der Waals surface area contributed by atoms with Crippen LogP contribution in [0.3, 0.4) is 0 Å². The fourth-order valence-electron chi connectivity index (χ4n) is 8.87. The molecular formula is C33H40N2O3. The summed E-state index contributed by atoms with van der Waals surface area (Å²) < 4.78 is 0. The van der Waals surface area contributed by atoms with Crippen LogP contribution in [0.15, 0.2) is 72.8 Å². The SMILES string of the molecule is C[C@]12C=CC(=O)N[C@@H]1CC[C@@H]1[C@@H]2CC[C@]2(C)[C@@H](C(=O)N[C@H](c3ccccc3)[C@@H](O)c3ccccc3)CC[C@@H]12. The van der Waals surface area contributed by atoms with Crippen LogP contribution in [-0.2, 0) is 9.59 Å². The molecule has 0 aromatic heterocycles. The van der Waals surface area contributed by atoms with Gasteiger partial charge in [0.15, 0.2) is 0 Å². The zero-order valence-corrected chi connectivity index (χ0v) is 22.5. The molecule has 3 N–H and O–H groups in total. The molecule has 5 nitrogen and oxygen atoms in total. The average molecular weight is 513 g/mol. The maximum Gasteiger partial charge on any atom is 0.243 e. The minimum Gasteiger partial charge on any atom is -0.386 e.